The number of hydrogen-bond donors (Lipinski definition) is 1. The van der Waals surface area contributed by atoms with Crippen LogP contribution in [-0.4, -0.2) is 23.6 Å². The van der Waals surface area contributed by atoms with E-state index in [1.165, 1.54) is 12.1 Å². The predicted molar refractivity (Wildman–Crippen MR) is 79.4 cm³/mol. The molecule has 1 N–H and O–H groups in total. The van der Waals surface area contributed by atoms with Crippen LogP contribution in [0.25, 0.3) is 0 Å². The fourth-order valence-electron chi connectivity index (χ4n) is 2.04. The van der Waals surface area contributed by atoms with Crippen LogP contribution in [0.2, 0.25) is 0 Å². The summed E-state index contributed by atoms with van der Waals surface area (Å²) >= 11 is 0. The number of halogens is 1. The van der Waals surface area contributed by atoms with Gasteiger partial charge in [-0.3, -0.25) is 0 Å². The molecule has 0 fully saturated rings. The predicted octanol–water partition coefficient (Wildman–Crippen LogP) is 2.99. The molecule has 0 unspecified atom stereocenters. The van der Waals surface area contributed by atoms with Crippen molar-refractivity contribution in [2.24, 2.45) is 0 Å². The standard InChI is InChI=1S/C15H19FN4/c1-4-20(13-7-5-12(16)6-8-13)10-15-18-11(2)9-14(17-3)19-15/h5-9H,4,10H2,1-3H3,(H,17,18,19). The van der Waals surface area contributed by atoms with E-state index < -0.39 is 0 Å². The average Bonchev–Trinajstić information content (AvgIpc) is 2.45. The normalized spacial score (nSPS) is 10.4. The van der Waals surface area contributed by atoms with Crippen LogP contribution in [0.15, 0.2) is 30.3 Å². The minimum Gasteiger partial charge on any atom is -0.373 e. The molecule has 2 aromatic rings. The number of aryl methyl sites for hydroxylation is 1. The third kappa shape index (κ3) is 3.44. The van der Waals surface area contributed by atoms with Crippen LogP contribution in [-0.2, 0) is 6.54 Å². The highest BCUT2D eigenvalue weighted by Gasteiger charge is 2.09. The number of rotatable bonds is 5. The molecule has 2 rings (SSSR count). The van der Waals surface area contributed by atoms with Crippen LogP contribution >= 0.6 is 0 Å². The second kappa shape index (κ2) is 6.32. The van der Waals surface area contributed by atoms with Crippen molar-refractivity contribution >= 4 is 11.5 Å². The molecule has 0 atom stereocenters. The summed E-state index contributed by atoms with van der Waals surface area (Å²) in [7, 11) is 1.84. The second-order valence-electron chi connectivity index (χ2n) is 4.55. The van der Waals surface area contributed by atoms with Crippen LogP contribution < -0.4 is 10.2 Å². The molecule has 1 heterocycles. The molecule has 5 heteroatoms. The van der Waals surface area contributed by atoms with Crippen molar-refractivity contribution in [3.8, 4) is 0 Å². The minimum absolute atomic E-state index is 0.228. The van der Waals surface area contributed by atoms with E-state index >= 15 is 0 Å². The van der Waals surface area contributed by atoms with Gasteiger partial charge in [0.1, 0.15) is 17.5 Å². The molecule has 0 saturated carbocycles. The summed E-state index contributed by atoms with van der Waals surface area (Å²) in [6.45, 7) is 5.40. The number of nitrogens with zero attached hydrogens (tertiary/aromatic N) is 3. The molecule has 0 amide bonds. The maximum Gasteiger partial charge on any atom is 0.150 e. The number of aromatic nitrogens is 2. The summed E-state index contributed by atoms with van der Waals surface area (Å²) in [5, 5.41) is 3.03. The van der Waals surface area contributed by atoms with Crippen LogP contribution in [0.5, 0.6) is 0 Å². The Morgan fingerprint density at radius 1 is 1.20 bits per heavy atom. The fourth-order valence-corrected chi connectivity index (χ4v) is 2.04. The van der Waals surface area contributed by atoms with Crippen molar-refractivity contribution < 1.29 is 4.39 Å². The Labute approximate surface area is 118 Å². The first kappa shape index (κ1) is 14.2. The van der Waals surface area contributed by atoms with E-state index in [1.807, 2.05) is 20.0 Å². The van der Waals surface area contributed by atoms with Gasteiger partial charge >= 0.3 is 0 Å². The monoisotopic (exact) mass is 274 g/mol. The number of benzene rings is 1. The lowest BCUT2D eigenvalue weighted by Crippen LogP contribution is -2.23. The SMILES string of the molecule is CCN(Cc1nc(C)cc(NC)n1)c1ccc(F)cc1. The number of nitrogens with one attached hydrogen (secondary N) is 1. The first-order chi connectivity index (χ1) is 9.62. The quantitative estimate of drug-likeness (QED) is 0.910. The van der Waals surface area contributed by atoms with Gasteiger partial charge < -0.3 is 10.2 Å². The Kier molecular flexibility index (Phi) is 4.50. The molecular weight excluding hydrogens is 255 g/mol. The summed E-state index contributed by atoms with van der Waals surface area (Å²) in [4.78, 5) is 11.0. The van der Waals surface area contributed by atoms with Gasteiger partial charge in [-0.1, -0.05) is 0 Å². The van der Waals surface area contributed by atoms with Gasteiger partial charge in [-0.25, -0.2) is 14.4 Å². The topological polar surface area (TPSA) is 41.1 Å². The highest BCUT2D eigenvalue weighted by Crippen LogP contribution is 2.17. The van der Waals surface area contributed by atoms with E-state index in [0.717, 1.165) is 29.6 Å². The summed E-state index contributed by atoms with van der Waals surface area (Å²) in [6, 6.07) is 8.38. The summed E-state index contributed by atoms with van der Waals surface area (Å²) in [6.07, 6.45) is 0. The lowest BCUT2D eigenvalue weighted by Gasteiger charge is -2.22. The van der Waals surface area contributed by atoms with Gasteiger partial charge in [0.05, 0.1) is 6.54 Å². The lowest BCUT2D eigenvalue weighted by molar-refractivity contribution is 0.627. The van der Waals surface area contributed by atoms with Crippen LogP contribution in [0.1, 0.15) is 18.4 Å². The molecule has 0 radical (unpaired) electrons. The van der Waals surface area contributed by atoms with E-state index in [2.05, 4.69) is 27.1 Å². The van der Waals surface area contributed by atoms with E-state index in [4.69, 9.17) is 0 Å². The number of hydrogen-bond acceptors (Lipinski definition) is 4. The van der Waals surface area contributed by atoms with Gasteiger partial charge in [-0.05, 0) is 38.1 Å². The van der Waals surface area contributed by atoms with Crippen molar-refractivity contribution in [3.63, 3.8) is 0 Å². The van der Waals surface area contributed by atoms with E-state index in [-0.39, 0.29) is 5.82 Å². The lowest BCUT2D eigenvalue weighted by atomic mass is 10.2. The summed E-state index contributed by atoms with van der Waals surface area (Å²) < 4.78 is 13.0. The molecule has 0 aliphatic carbocycles. The molecule has 106 valence electrons. The molecule has 0 aliphatic heterocycles. The largest absolute Gasteiger partial charge is 0.373 e. The molecule has 20 heavy (non-hydrogen) atoms. The Hall–Kier alpha value is -2.17. The molecule has 1 aromatic carbocycles. The fraction of sp³-hybridized carbons (Fsp3) is 0.333. The van der Waals surface area contributed by atoms with Crippen molar-refractivity contribution in [1.29, 1.82) is 0 Å². The van der Waals surface area contributed by atoms with Crippen LogP contribution in [0.3, 0.4) is 0 Å². The smallest absolute Gasteiger partial charge is 0.150 e. The Morgan fingerprint density at radius 3 is 2.50 bits per heavy atom. The highest BCUT2D eigenvalue weighted by molar-refractivity contribution is 5.46. The molecular formula is C15H19FN4. The maximum atomic E-state index is 13.0. The van der Waals surface area contributed by atoms with Gasteiger partial charge in [-0.2, -0.15) is 0 Å². The van der Waals surface area contributed by atoms with E-state index in [9.17, 15) is 4.39 Å². The Morgan fingerprint density at radius 2 is 1.90 bits per heavy atom. The Bertz CT molecular complexity index is 569. The first-order valence-electron chi connectivity index (χ1n) is 6.65. The van der Waals surface area contributed by atoms with Gasteiger partial charge in [0.25, 0.3) is 0 Å². The molecule has 1 aromatic heterocycles. The average molecular weight is 274 g/mol. The first-order valence-corrected chi connectivity index (χ1v) is 6.65. The third-order valence-corrected chi connectivity index (χ3v) is 3.06. The third-order valence-electron chi connectivity index (χ3n) is 3.06. The zero-order valence-electron chi connectivity index (χ0n) is 12.0. The van der Waals surface area contributed by atoms with E-state index in [0.29, 0.717) is 6.54 Å². The van der Waals surface area contributed by atoms with Gasteiger partial charge in [0.2, 0.25) is 0 Å². The van der Waals surface area contributed by atoms with Crippen LogP contribution in [0.4, 0.5) is 15.9 Å². The molecule has 0 saturated heterocycles. The minimum atomic E-state index is -0.228. The zero-order chi connectivity index (χ0) is 14.5. The second-order valence-corrected chi connectivity index (χ2v) is 4.55. The molecule has 4 nitrogen and oxygen atoms in total. The van der Waals surface area contributed by atoms with Crippen LogP contribution in [0, 0.1) is 12.7 Å². The molecule has 0 bridgehead atoms. The van der Waals surface area contributed by atoms with Gasteiger partial charge in [0, 0.05) is 31.0 Å². The van der Waals surface area contributed by atoms with Crippen molar-refractivity contribution in [2.45, 2.75) is 20.4 Å². The van der Waals surface area contributed by atoms with Gasteiger partial charge in [-0.15, -0.1) is 0 Å². The van der Waals surface area contributed by atoms with Gasteiger partial charge in [0.15, 0.2) is 0 Å². The molecule has 0 aliphatic rings. The van der Waals surface area contributed by atoms with Crippen molar-refractivity contribution in [1.82, 2.24) is 9.97 Å². The van der Waals surface area contributed by atoms with Crippen molar-refractivity contribution in [2.75, 3.05) is 23.8 Å². The highest BCUT2D eigenvalue weighted by atomic mass is 19.1. The maximum absolute atomic E-state index is 13.0. The Balaban J connectivity index is 2.21. The van der Waals surface area contributed by atoms with Crippen molar-refractivity contribution in [3.05, 3.63) is 47.7 Å². The molecule has 0 spiro atoms. The van der Waals surface area contributed by atoms with E-state index in [1.54, 1.807) is 12.1 Å². The zero-order valence-corrected chi connectivity index (χ0v) is 12.0. The summed E-state index contributed by atoms with van der Waals surface area (Å²) in [5.41, 5.74) is 1.89. The summed E-state index contributed by atoms with van der Waals surface area (Å²) in [5.74, 6) is 1.33. The number of anilines is 2.